The normalized spacial score (nSPS) is 14.3. The minimum Gasteiger partial charge on any atom is -0.508 e. The molecule has 0 saturated carbocycles. The van der Waals surface area contributed by atoms with Crippen molar-refractivity contribution in [1.82, 2.24) is 4.90 Å². The number of anilines is 1. The fourth-order valence-electron chi connectivity index (χ4n) is 2.86. The Hall–Kier alpha value is -3.07. The van der Waals surface area contributed by atoms with Crippen LogP contribution in [0.15, 0.2) is 42.5 Å². The van der Waals surface area contributed by atoms with Crippen LogP contribution in [-0.2, 0) is 0 Å². The maximum Gasteiger partial charge on any atom is 0.254 e. The standard InChI is InChI=1S/C18H16FN3O2/c19-16-5-2-6-17(15(16)12-20)21-7-9-22(10-8-21)18(24)13-3-1-4-14(23)11-13/h1-6,11,23H,7-10H2. The minimum atomic E-state index is -0.534. The highest BCUT2D eigenvalue weighted by Gasteiger charge is 2.24. The third-order valence-electron chi connectivity index (χ3n) is 4.10. The lowest BCUT2D eigenvalue weighted by molar-refractivity contribution is 0.0746. The second-order valence-corrected chi connectivity index (χ2v) is 5.58. The maximum atomic E-state index is 13.7. The highest BCUT2D eigenvalue weighted by Crippen LogP contribution is 2.24. The van der Waals surface area contributed by atoms with E-state index in [0.717, 1.165) is 0 Å². The summed E-state index contributed by atoms with van der Waals surface area (Å²) in [6.07, 6.45) is 0. The molecular weight excluding hydrogens is 309 g/mol. The van der Waals surface area contributed by atoms with Crippen molar-refractivity contribution in [3.63, 3.8) is 0 Å². The SMILES string of the molecule is N#Cc1c(F)cccc1N1CCN(C(=O)c2cccc(O)c2)CC1. The summed E-state index contributed by atoms with van der Waals surface area (Å²) < 4.78 is 13.7. The molecular formula is C18H16FN3O2. The molecule has 0 atom stereocenters. The largest absolute Gasteiger partial charge is 0.508 e. The van der Waals surface area contributed by atoms with Crippen LogP contribution in [0.5, 0.6) is 5.75 Å². The van der Waals surface area contributed by atoms with Crippen molar-refractivity contribution in [2.75, 3.05) is 31.1 Å². The Labute approximate surface area is 139 Å². The predicted octanol–water partition coefficient (Wildman–Crippen LogP) is 2.37. The van der Waals surface area contributed by atoms with Crippen LogP contribution in [0.4, 0.5) is 10.1 Å². The van der Waals surface area contributed by atoms with Crippen LogP contribution < -0.4 is 4.90 Å². The van der Waals surface area contributed by atoms with E-state index in [9.17, 15) is 14.3 Å². The van der Waals surface area contributed by atoms with Gasteiger partial charge in [-0.3, -0.25) is 4.79 Å². The zero-order chi connectivity index (χ0) is 17.1. The Morgan fingerprint density at radius 1 is 1.12 bits per heavy atom. The van der Waals surface area contributed by atoms with Gasteiger partial charge in [-0.15, -0.1) is 0 Å². The molecule has 2 aromatic carbocycles. The number of rotatable bonds is 2. The lowest BCUT2D eigenvalue weighted by Crippen LogP contribution is -2.49. The Morgan fingerprint density at radius 3 is 2.50 bits per heavy atom. The summed E-state index contributed by atoms with van der Waals surface area (Å²) in [5, 5.41) is 18.6. The summed E-state index contributed by atoms with van der Waals surface area (Å²) in [4.78, 5) is 16.1. The number of piperazine rings is 1. The van der Waals surface area contributed by atoms with E-state index in [0.29, 0.717) is 37.4 Å². The van der Waals surface area contributed by atoms with E-state index in [1.807, 2.05) is 11.0 Å². The molecule has 0 spiro atoms. The average molecular weight is 325 g/mol. The van der Waals surface area contributed by atoms with Crippen LogP contribution in [0.25, 0.3) is 0 Å². The van der Waals surface area contributed by atoms with Crippen molar-refractivity contribution in [1.29, 1.82) is 5.26 Å². The fraction of sp³-hybridized carbons (Fsp3) is 0.222. The summed E-state index contributed by atoms with van der Waals surface area (Å²) in [7, 11) is 0. The van der Waals surface area contributed by atoms with Gasteiger partial charge >= 0.3 is 0 Å². The first-order chi connectivity index (χ1) is 11.6. The van der Waals surface area contributed by atoms with Crippen LogP contribution in [-0.4, -0.2) is 42.1 Å². The summed E-state index contributed by atoms with van der Waals surface area (Å²) in [5.74, 6) is -0.628. The van der Waals surface area contributed by atoms with E-state index in [4.69, 9.17) is 5.26 Å². The van der Waals surface area contributed by atoms with Crippen LogP contribution in [0.2, 0.25) is 0 Å². The number of halogens is 1. The number of hydrogen-bond donors (Lipinski definition) is 1. The molecule has 0 radical (unpaired) electrons. The summed E-state index contributed by atoms with van der Waals surface area (Å²) in [6.45, 7) is 1.97. The molecule has 24 heavy (non-hydrogen) atoms. The molecule has 0 aliphatic carbocycles. The number of carbonyl (C=O) groups is 1. The van der Waals surface area contributed by atoms with Gasteiger partial charge in [-0.05, 0) is 30.3 Å². The van der Waals surface area contributed by atoms with Crippen molar-refractivity contribution in [2.45, 2.75) is 0 Å². The molecule has 1 amide bonds. The number of nitriles is 1. The molecule has 0 unspecified atom stereocenters. The van der Waals surface area contributed by atoms with Gasteiger partial charge in [0.1, 0.15) is 23.2 Å². The molecule has 1 N–H and O–H groups in total. The first-order valence-electron chi connectivity index (χ1n) is 7.62. The number of phenols is 1. The number of amides is 1. The summed E-state index contributed by atoms with van der Waals surface area (Å²) in [6, 6.07) is 12.7. The molecule has 1 heterocycles. The second-order valence-electron chi connectivity index (χ2n) is 5.58. The van der Waals surface area contributed by atoms with Crippen LogP contribution >= 0.6 is 0 Å². The molecule has 2 aromatic rings. The Kier molecular flexibility index (Phi) is 4.34. The minimum absolute atomic E-state index is 0.0326. The third kappa shape index (κ3) is 3.01. The molecule has 1 aliphatic rings. The van der Waals surface area contributed by atoms with Gasteiger partial charge in [0.05, 0.1) is 5.69 Å². The molecule has 3 rings (SSSR count). The molecule has 6 heteroatoms. The van der Waals surface area contributed by atoms with E-state index in [1.54, 1.807) is 29.2 Å². The summed E-state index contributed by atoms with van der Waals surface area (Å²) in [5.41, 5.74) is 1.03. The molecule has 1 saturated heterocycles. The van der Waals surface area contributed by atoms with Gasteiger partial charge in [0, 0.05) is 31.7 Å². The van der Waals surface area contributed by atoms with Gasteiger partial charge in [-0.25, -0.2) is 4.39 Å². The second kappa shape index (κ2) is 6.59. The molecule has 5 nitrogen and oxygen atoms in total. The van der Waals surface area contributed by atoms with Gasteiger partial charge in [0.25, 0.3) is 5.91 Å². The van der Waals surface area contributed by atoms with Crippen molar-refractivity contribution in [2.24, 2.45) is 0 Å². The van der Waals surface area contributed by atoms with E-state index in [-0.39, 0.29) is 17.2 Å². The van der Waals surface area contributed by atoms with Crippen molar-refractivity contribution in [3.8, 4) is 11.8 Å². The number of nitrogens with zero attached hydrogens (tertiary/aromatic N) is 3. The van der Waals surface area contributed by atoms with Crippen molar-refractivity contribution in [3.05, 3.63) is 59.4 Å². The molecule has 0 bridgehead atoms. The zero-order valence-electron chi connectivity index (χ0n) is 12.9. The van der Waals surface area contributed by atoms with Crippen LogP contribution in [0.1, 0.15) is 15.9 Å². The Morgan fingerprint density at radius 2 is 1.83 bits per heavy atom. The zero-order valence-corrected chi connectivity index (χ0v) is 12.9. The molecule has 0 aromatic heterocycles. The average Bonchev–Trinajstić information content (AvgIpc) is 2.61. The fourth-order valence-corrected chi connectivity index (χ4v) is 2.86. The van der Waals surface area contributed by atoms with E-state index >= 15 is 0 Å². The number of phenolic OH excluding ortho intramolecular Hbond substituents is 1. The van der Waals surface area contributed by atoms with Gasteiger partial charge in [0.15, 0.2) is 0 Å². The number of hydrogen-bond acceptors (Lipinski definition) is 4. The maximum absolute atomic E-state index is 13.7. The number of carbonyl (C=O) groups excluding carboxylic acids is 1. The van der Waals surface area contributed by atoms with Crippen molar-refractivity contribution >= 4 is 11.6 Å². The topological polar surface area (TPSA) is 67.6 Å². The van der Waals surface area contributed by atoms with E-state index in [2.05, 4.69) is 0 Å². The summed E-state index contributed by atoms with van der Waals surface area (Å²) >= 11 is 0. The van der Waals surface area contributed by atoms with Crippen LogP contribution in [0, 0.1) is 17.1 Å². The first-order valence-corrected chi connectivity index (χ1v) is 7.62. The first kappa shape index (κ1) is 15.8. The quantitative estimate of drug-likeness (QED) is 0.920. The van der Waals surface area contributed by atoms with Gasteiger partial charge in [0.2, 0.25) is 0 Å². The number of benzene rings is 2. The lowest BCUT2D eigenvalue weighted by atomic mass is 10.1. The highest BCUT2D eigenvalue weighted by molar-refractivity contribution is 5.94. The molecule has 1 aliphatic heterocycles. The van der Waals surface area contributed by atoms with Crippen LogP contribution in [0.3, 0.4) is 0 Å². The Bertz CT molecular complexity index is 808. The molecule has 122 valence electrons. The van der Waals surface area contributed by atoms with Gasteiger partial charge in [-0.1, -0.05) is 12.1 Å². The lowest BCUT2D eigenvalue weighted by Gasteiger charge is -2.36. The highest BCUT2D eigenvalue weighted by atomic mass is 19.1. The third-order valence-corrected chi connectivity index (χ3v) is 4.10. The van der Waals surface area contributed by atoms with Gasteiger partial charge < -0.3 is 14.9 Å². The van der Waals surface area contributed by atoms with Crippen molar-refractivity contribution < 1.29 is 14.3 Å². The number of aromatic hydroxyl groups is 1. The predicted molar refractivity (Wildman–Crippen MR) is 87.3 cm³/mol. The molecule has 1 fully saturated rings. The van der Waals surface area contributed by atoms with Gasteiger partial charge in [-0.2, -0.15) is 5.26 Å². The smallest absolute Gasteiger partial charge is 0.254 e. The Balaban J connectivity index is 1.72. The van der Waals surface area contributed by atoms with E-state index < -0.39 is 5.82 Å². The monoisotopic (exact) mass is 325 g/mol. The van der Waals surface area contributed by atoms with E-state index in [1.165, 1.54) is 18.2 Å².